The van der Waals surface area contributed by atoms with E-state index in [1.807, 2.05) is 0 Å². The van der Waals surface area contributed by atoms with Gasteiger partial charge in [-0.25, -0.2) is 0 Å². The summed E-state index contributed by atoms with van der Waals surface area (Å²) < 4.78 is 75.0. The number of furan rings is 1. The third-order valence-corrected chi connectivity index (χ3v) is 3.78. The van der Waals surface area contributed by atoms with Crippen LogP contribution in [0.1, 0.15) is 40.5 Å². The van der Waals surface area contributed by atoms with Gasteiger partial charge in [-0.05, 0) is 23.6 Å². The summed E-state index contributed by atoms with van der Waals surface area (Å²) in [6, 6.07) is 5.48. The Kier molecular flexibility index (Phi) is 9.68. The van der Waals surface area contributed by atoms with Crippen LogP contribution in [0.25, 0.3) is 0 Å². The number of hydrogen-bond acceptors (Lipinski definition) is 6. The van der Waals surface area contributed by atoms with Crippen molar-refractivity contribution in [3.8, 4) is 0 Å². The molecule has 0 radical (unpaired) electrons. The maximum absolute atomic E-state index is 11.8. The fourth-order valence-electron chi connectivity index (χ4n) is 1.54. The molecule has 12 heteroatoms. The Morgan fingerprint density at radius 3 is 1.72 bits per heavy atom. The lowest BCUT2D eigenvalue weighted by atomic mass is 10.1. The molecule has 29 heavy (non-hydrogen) atoms. The van der Waals surface area contributed by atoms with Crippen molar-refractivity contribution in [3.63, 3.8) is 0 Å². The normalized spacial score (nSPS) is 11.0. The number of thiophene rings is 1. The second-order valence-corrected chi connectivity index (χ2v) is 5.94. The van der Waals surface area contributed by atoms with Crippen molar-refractivity contribution in [2.45, 2.75) is 32.6 Å². The smallest absolute Gasteiger partial charge is 0.450 e. The largest absolute Gasteiger partial charge is 0.461 e. The molecule has 0 aliphatic rings. The zero-order valence-electron chi connectivity index (χ0n) is 13.6. The van der Waals surface area contributed by atoms with Gasteiger partial charge in [-0.1, -0.05) is 13.5 Å². The van der Waals surface area contributed by atoms with Crippen molar-refractivity contribution in [1.82, 2.24) is 0 Å². The lowest BCUT2D eigenvalue weighted by Crippen LogP contribution is -2.25. The molecule has 0 aliphatic heterocycles. The minimum absolute atomic E-state index is 0. The van der Waals surface area contributed by atoms with Gasteiger partial charge in [-0.2, -0.15) is 26.3 Å². The van der Waals surface area contributed by atoms with Gasteiger partial charge in [-0.3, -0.25) is 19.2 Å². The molecule has 0 saturated carbocycles. The lowest BCUT2D eigenvalue weighted by molar-refractivity contribution is -0.170. The molecule has 0 N–H and O–H groups in total. The molecular formula is C17H14F6O5S. The maximum Gasteiger partial charge on any atom is 0.450 e. The van der Waals surface area contributed by atoms with Gasteiger partial charge >= 0.3 is 12.4 Å². The van der Waals surface area contributed by atoms with Crippen LogP contribution < -0.4 is 0 Å². The van der Waals surface area contributed by atoms with E-state index in [1.54, 1.807) is 5.38 Å². The summed E-state index contributed by atoms with van der Waals surface area (Å²) in [5.41, 5.74) is 0. The van der Waals surface area contributed by atoms with Crippen LogP contribution in [0.15, 0.2) is 40.3 Å². The van der Waals surface area contributed by atoms with Crippen molar-refractivity contribution in [2.24, 2.45) is 0 Å². The molecule has 0 fully saturated rings. The van der Waals surface area contributed by atoms with E-state index in [1.165, 1.54) is 24.3 Å². The maximum atomic E-state index is 11.8. The van der Waals surface area contributed by atoms with E-state index < -0.39 is 48.3 Å². The summed E-state index contributed by atoms with van der Waals surface area (Å²) in [7, 11) is 0. The van der Waals surface area contributed by atoms with Crippen LogP contribution >= 0.6 is 11.3 Å². The van der Waals surface area contributed by atoms with Gasteiger partial charge in [0.2, 0.25) is 17.3 Å². The van der Waals surface area contributed by atoms with Crippen molar-refractivity contribution >= 4 is 34.5 Å². The first-order valence-electron chi connectivity index (χ1n) is 7.15. The van der Waals surface area contributed by atoms with Crippen LogP contribution in [-0.4, -0.2) is 35.5 Å². The molecule has 0 spiro atoms. The average Bonchev–Trinajstić information content (AvgIpc) is 3.27. The molecule has 0 atom stereocenters. The van der Waals surface area contributed by atoms with Gasteiger partial charge in [0.15, 0.2) is 11.5 Å². The highest BCUT2D eigenvalue weighted by molar-refractivity contribution is 7.12. The van der Waals surface area contributed by atoms with Crippen LogP contribution in [0.5, 0.6) is 0 Å². The van der Waals surface area contributed by atoms with Crippen molar-refractivity contribution in [3.05, 3.63) is 46.5 Å². The SMILES string of the molecule is C.O=C(CC(=O)C(F)(F)F)c1ccco1.O=C(CC(=O)C(F)(F)F)c1cccs1. The van der Waals surface area contributed by atoms with Crippen molar-refractivity contribution in [1.29, 1.82) is 0 Å². The summed E-state index contributed by atoms with van der Waals surface area (Å²) in [5.74, 6) is -6.09. The van der Waals surface area contributed by atoms with Crippen molar-refractivity contribution in [2.75, 3.05) is 0 Å². The monoisotopic (exact) mass is 444 g/mol. The van der Waals surface area contributed by atoms with Gasteiger partial charge in [0.1, 0.15) is 0 Å². The number of halogens is 6. The summed E-state index contributed by atoms with van der Waals surface area (Å²) >= 11 is 1.01. The minimum Gasteiger partial charge on any atom is -0.461 e. The number of ketones is 4. The van der Waals surface area contributed by atoms with Crippen molar-refractivity contribution < 1.29 is 49.9 Å². The zero-order chi connectivity index (χ0) is 21.5. The molecule has 160 valence electrons. The van der Waals surface area contributed by atoms with Crippen LogP contribution in [0, 0.1) is 0 Å². The molecule has 0 bridgehead atoms. The van der Waals surface area contributed by atoms with E-state index in [-0.39, 0.29) is 18.1 Å². The van der Waals surface area contributed by atoms with Crippen LogP contribution in [0.4, 0.5) is 26.3 Å². The third-order valence-electron chi connectivity index (χ3n) is 2.87. The van der Waals surface area contributed by atoms with Crippen LogP contribution in [0.2, 0.25) is 0 Å². The van der Waals surface area contributed by atoms with Crippen LogP contribution in [-0.2, 0) is 9.59 Å². The predicted octanol–water partition coefficient (Wildman–Crippen LogP) is 5.07. The number of hydrogen-bond donors (Lipinski definition) is 0. The number of Topliss-reactive ketones (excluding diaryl/α,β-unsaturated/α-hetero) is 4. The predicted molar refractivity (Wildman–Crippen MR) is 89.8 cm³/mol. The Morgan fingerprint density at radius 2 is 1.34 bits per heavy atom. The molecule has 2 rings (SSSR count). The summed E-state index contributed by atoms with van der Waals surface area (Å²) in [4.78, 5) is 43.0. The molecule has 2 aromatic rings. The quantitative estimate of drug-likeness (QED) is 0.353. The highest BCUT2D eigenvalue weighted by atomic mass is 32.1. The Hall–Kier alpha value is -2.76. The molecular weight excluding hydrogens is 430 g/mol. The topological polar surface area (TPSA) is 81.4 Å². The van der Waals surface area contributed by atoms with Gasteiger partial charge in [0, 0.05) is 0 Å². The Balaban J connectivity index is 0.000000523. The van der Waals surface area contributed by atoms with Gasteiger partial charge in [0.05, 0.1) is 24.0 Å². The highest BCUT2D eigenvalue weighted by Gasteiger charge is 2.40. The first-order valence-corrected chi connectivity index (χ1v) is 8.03. The molecule has 2 heterocycles. The van der Waals surface area contributed by atoms with Gasteiger partial charge in [-0.15, -0.1) is 11.3 Å². The lowest BCUT2D eigenvalue weighted by Gasteiger charge is -2.02. The Bertz CT molecular complexity index is 749. The molecule has 0 aromatic carbocycles. The second-order valence-electron chi connectivity index (χ2n) is 5.00. The number of alkyl halides is 6. The minimum atomic E-state index is -4.97. The summed E-state index contributed by atoms with van der Waals surface area (Å²) in [6.45, 7) is 0. The molecule has 0 aliphatic carbocycles. The fraction of sp³-hybridized carbons (Fsp3) is 0.294. The van der Waals surface area contributed by atoms with E-state index in [2.05, 4.69) is 4.42 Å². The Morgan fingerprint density at radius 1 is 0.828 bits per heavy atom. The fourth-order valence-corrected chi connectivity index (χ4v) is 2.21. The molecule has 0 amide bonds. The first kappa shape index (κ1) is 26.2. The van der Waals surface area contributed by atoms with E-state index in [0.717, 1.165) is 17.6 Å². The third kappa shape index (κ3) is 8.85. The van der Waals surface area contributed by atoms with E-state index in [4.69, 9.17) is 0 Å². The number of carbonyl (C=O) groups excluding carboxylic acids is 4. The molecule has 2 aromatic heterocycles. The zero-order valence-corrected chi connectivity index (χ0v) is 14.4. The van der Waals surface area contributed by atoms with Gasteiger partial charge in [0.25, 0.3) is 0 Å². The first-order chi connectivity index (χ1) is 12.8. The highest BCUT2D eigenvalue weighted by Crippen LogP contribution is 2.21. The molecule has 5 nitrogen and oxygen atoms in total. The van der Waals surface area contributed by atoms with Crippen LogP contribution in [0.3, 0.4) is 0 Å². The second kappa shape index (κ2) is 10.7. The van der Waals surface area contributed by atoms with E-state index >= 15 is 0 Å². The standard InChI is InChI=1S/C8H5F3O3.C8H5F3O2S.CH4/c2*9-8(10,11)7(13)4-5(12)6-2-1-3-14-6;/h2*1-3H,4H2;1H4. The van der Waals surface area contributed by atoms with E-state index in [0.29, 0.717) is 0 Å². The molecule has 0 unspecified atom stereocenters. The van der Waals surface area contributed by atoms with E-state index in [9.17, 15) is 45.5 Å². The number of rotatable bonds is 6. The summed E-state index contributed by atoms with van der Waals surface area (Å²) in [6.07, 6.45) is -11.1. The number of carbonyl (C=O) groups is 4. The Labute approximate surface area is 164 Å². The summed E-state index contributed by atoms with van der Waals surface area (Å²) in [5, 5.41) is 1.56. The molecule has 0 saturated heterocycles. The average molecular weight is 444 g/mol. The van der Waals surface area contributed by atoms with Gasteiger partial charge < -0.3 is 4.42 Å².